The Hall–Kier alpha value is -2.13. The number of benzene rings is 2. The van der Waals surface area contributed by atoms with Gasteiger partial charge in [-0.1, -0.05) is 74.0 Å². The predicted octanol–water partition coefficient (Wildman–Crippen LogP) is 3.98. The van der Waals surface area contributed by atoms with E-state index in [2.05, 4.69) is 67.8 Å². The van der Waals surface area contributed by atoms with Gasteiger partial charge in [0.05, 0.1) is 12.6 Å². The van der Waals surface area contributed by atoms with Crippen LogP contribution in [-0.4, -0.2) is 18.5 Å². The highest BCUT2D eigenvalue weighted by molar-refractivity contribution is 5.78. The lowest BCUT2D eigenvalue weighted by molar-refractivity contribution is -0.121. The van der Waals surface area contributed by atoms with Crippen molar-refractivity contribution in [3.8, 4) is 0 Å². The van der Waals surface area contributed by atoms with Crippen molar-refractivity contribution in [1.82, 2.24) is 10.6 Å². The number of hydrogen-bond acceptors (Lipinski definition) is 2. The summed E-state index contributed by atoms with van der Waals surface area (Å²) in [5.74, 6) is 0.0525. The summed E-state index contributed by atoms with van der Waals surface area (Å²) in [6, 6.07) is 19.0. The molecule has 2 aromatic carbocycles. The molecule has 0 bridgehead atoms. The molecular weight excluding hydrogens is 296 g/mol. The molecule has 3 nitrogen and oxygen atoms in total. The molecule has 0 saturated heterocycles. The van der Waals surface area contributed by atoms with Gasteiger partial charge in [-0.25, -0.2) is 0 Å². The summed E-state index contributed by atoms with van der Waals surface area (Å²) in [4.78, 5) is 12.2. The monoisotopic (exact) mass is 324 g/mol. The van der Waals surface area contributed by atoms with E-state index in [9.17, 15) is 4.79 Å². The van der Waals surface area contributed by atoms with Crippen molar-refractivity contribution in [3.05, 3.63) is 71.3 Å². The first-order valence-electron chi connectivity index (χ1n) is 8.78. The lowest BCUT2D eigenvalue weighted by atomic mass is 9.98. The van der Waals surface area contributed by atoms with Gasteiger partial charge in [-0.15, -0.1) is 0 Å². The number of amides is 1. The average Bonchev–Trinajstić information content (AvgIpc) is 2.62. The molecule has 0 unspecified atom stereocenters. The largest absolute Gasteiger partial charge is 0.352 e. The second-order valence-electron chi connectivity index (χ2n) is 6.22. The minimum atomic E-state index is 0.0132. The zero-order chi connectivity index (χ0) is 17.4. The molecular formula is C21H28N2O. The van der Waals surface area contributed by atoms with Gasteiger partial charge < -0.3 is 5.32 Å². The lowest BCUT2D eigenvalue weighted by Gasteiger charge is -2.21. The van der Waals surface area contributed by atoms with Gasteiger partial charge >= 0.3 is 0 Å². The summed E-state index contributed by atoms with van der Waals surface area (Å²) in [6.07, 6.45) is 1.92. The summed E-state index contributed by atoms with van der Waals surface area (Å²) < 4.78 is 0. The molecule has 0 aliphatic heterocycles. The van der Waals surface area contributed by atoms with Crippen LogP contribution in [0.2, 0.25) is 0 Å². The van der Waals surface area contributed by atoms with Crippen molar-refractivity contribution in [3.63, 3.8) is 0 Å². The highest BCUT2D eigenvalue weighted by atomic mass is 16.1. The Labute approximate surface area is 145 Å². The van der Waals surface area contributed by atoms with Crippen molar-refractivity contribution in [2.24, 2.45) is 0 Å². The van der Waals surface area contributed by atoms with E-state index < -0.39 is 0 Å². The Morgan fingerprint density at radius 3 is 2.08 bits per heavy atom. The first-order chi connectivity index (χ1) is 11.6. The predicted molar refractivity (Wildman–Crippen MR) is 100.0 cm³/mol. The van der Waals surface area contributed by atoms with Crippen LogP contribution in [0.4, 0.5) is 0 Å². The molecule has 24 heavy (non-hydrogen) atoms. The molecule has 0 spiro atoms. The van der Waals surface area contributed by atoms with Gasteiger partial charge in [0.15, 0.2) is 0 Å². The van der Waals surface area contributed by atoms with Gasteiger partial charge in [-0.3, -0.25) is 10.1 Å². The van der Waals surface area contributed by atoms with Crippen LogP contribution in [0.15, 0.2) is 54.6 Å². The number of carbonyl (C=O) groups excluding carboxylic acids is 1. The maximum atomic E-state index is 12.2. The summed E-state index contributed by atoms with van der Waals surface area (Å²) in [5.41, 5.74) is 3.57. The van der Waals surface area contributed by atoms with E-state index in [1.54, 1.807) is 0 Å². The van der Waals surface area contributed by atoms with Crippen LogP contribution < -0.4 is 10.6 Å². The maximum absolute atomic E-state index is 12.2. The highest BCUT2D eigenvalue weighted by Crippen LogP contribution is 2.22. The molecule has 0 radical (unpaired) electrons. The second-order valence-corrected chi connectivity index (χ2v) is 6.22. The van der Waals surface area contributed by atoms with E-state index in [1.807, 2.05) is 18.2 Å². The molecule has 1 amide bonds. The molecule has 0 heterocycles. The maximum Gasteiger partial charge on any atom is 0.234 e. The Bertz CT molecular complexity index is 618. The Balaban J connectivity index is 2.09. The number of aryl methyl sites for hydroxylation is 1. The van der Waals surface area contributed by atoms with Crippen molar-refractivity contribution >= 4 is 5.91 Å². The van der Waals surface area contributed by atoms with E-state index in [1.165, 1.54) is 11.1 Å². The summed E-state index contributed by atoms with van der Waals surface area (Å²) in [6.45, 7) is 6.59. The fourth-order valence-corrected chi connectivity index (χ4v) is 2.80. The number of nitrogens with one attached hydrogen (secondary N) is 2. The average molecular weight is 324 g/mol. The third-order valence-electron chi connectivity index (χ3n) is 4.36. The molecule has 0 aliphatic rings. The van der Waals surface area contributed by atoms with Crippen molar-refractivity contribution in [1.29, 1.82) is 0 Å². The number of carbonyl (C=O) groups is 1. The van der Waals surface area contributed by atoms with Gasteiger partial charge in [0, 0.05) is 6.04 Å². The number of hydrogen-bond donors (Lipinski definition) is 2. The van der Waals surface area contributed by atoms with Crippen LogP contribution in [0.1, 0.15) is 49.4 Å². The second kappa shape index (κ2) is 9.24. The lowest BCUT2D eigenvalue weighted by Crippen LogP contribution is -2.41. The fourth-order valence-electron chi connectivity index (χ4n) is 2.80. The van der Waals surface area contributed by atoms with Crippen LogP contribution in [0.5, 0.6) is 0 Å². The minimum absolute atomic E-state index is 0.0132. The molecule has 128 valence electrons. The first kappa shape index (κ1) is 18.2. The Morgan fingerprint density at radius 2 is 1.50 bits per heavy atom. The molecule has 3 heteroatoms. The zero-order valence-corrected chi connectivity index (χ0v) is 14.9. The molecule has 2 N–H and O–H groups in total. The van der Waals surface area contributed by atoms with Crippen LogP contribution in [0, 0.1) is 6.92 Å². The zero-order valence-electron chi connectivity index (χ0n) is 14.9. The Kier molecular flexibility index (Phi) is 7.01. The molecule has 0 saturated carbocycles. The van der Waals surface area contributed by atoms with Gasteiger partial charge in [-0.05, 0) is 30.9 Å². The van der Waals surface area contributed by atoms with Crippen LogP contribution in [0.3, 0.4) is 0 Å². The van der Waals surface area contributed by atoms with Crippen molar-refractivity contribution in [2.75, 3.05) is 6.54 Å². The minimum Gasteiger partial charge on any atom is -0.352 e. The van der Waals surface area contributed by atoms with E-state index in [-0.39, 0.29) is 18.0 Å². The SMILES string of the molecule is CCC(CC)NC(=O)CN[C@H](c1ccccc1)c1ccc(C)cc1. The van der Waals surface area contributed by atoms with Gasteiger partial charge in [0.2, 0.25) is 5.91 Å². The van der Waals surface area contributed by atoms with Gasteiger partial charge in [0.25, 0.3) is 0 Å². The molecule has 2 aromatic rings. The summed E-state index contributed by atoms with van der Waals surface area (Å²) in [5, 5.41) is 6.50. The van der Waals surface area contributed by atoms with Crippen molar-refractivity contribution < 1.29 is 4.79 Å². The quantitative estimate of drug-likeness (QED) is 0.771. The molecule has 2 rings (SSSR count). The van der Waals surface area contributed by atoms with Gasteiger partial charge in [-0.2, -0.15) is 0 Å². The molecule has 0 aliphatic carbocycles. The highest BCUT2D eigenvalue weighted by Gasteiger charge is 2.15. The van der Waals surface area contributed by atoms with Gasteiger partial charge in [0.1, 0.15) is 0 Å². The molecule has 0 aromatic heterocycles. The Morgan fingerprint density at radius 1 is 0.917 bits per heavy atom. The van der Waals surface area contributed by atoms with E-state index in [0.29, 0.717) is 6.54 Å². The van der Waals surface area contributed by atoms with Crippen LogP contribution >= 0.6 is 0 Å². The summed E-state index contributed by atoms with van der Waals surface area (Å²) in [7, 11) is 0. The fraction of sp³-hybridized carbons (Fsp3) is 0.381. The standard InChI is InChI=1S/C21H28N2O/c1-4-19(5-2)23-20(24)15-22-21(17-9-7-6-8-10-17)18-13-11-16(3)12-14-18/h6-14,19,21-22H,4-5,15H2,1-3H3,(H,23,24)/t21-/m1/s1. The number of rotatable bonds is 8. The third-order valence-corrected chi connectivity index (χ3v) is 4.36. The third kappa shape index (κ3) is 5.20. The van der Waals surface area contributed by atoms with E-state index in [4.69, 9.17) is 0 Å². The van der Waals surface area contributed by atoms with E-state index in [0.717, 1.165) is 18.4 Å². The van der Waals surface area contributed by atoms with Crippen LogP contribution in [-0.2, 0) is 4.79 Å². The van der Waals surface area contributed by atoms with Crippen molar-refractivity contribution in [2.45, 2.75) is 45.7 Å². The first-order valence-corrected chi connectivity index (χ1v) is 8.78. The van der Waals surface area contributed by atoms with Crippen LogP contribution in [0.25, 0.3) is 0 Å². The summed E-state index contributed by atoms with van der Waals surface area (Å²) >= 11 is 0. The smallest absolute Gasteiger partial charge is 0.234 e. The topological polar surface area (TPSA) is 41.1 Å². The normalized spacial score (nSPS) is 12.2. The van der Waals surface area contributed by atoms with E-state index >= 15 is 0 Å². The molecule has 0 fully saturated rings. The molecule has 1 atom stereocenters.